The van der Waals surface area contributed by atoms with Gasteiger partial charge in [0.1, 0.15) is 4.90 Å². The van der Waals surface area contributed by atoms with Crippen LogP contribution in [0.2, 0.25) is 0 Å². The van der Waals surface area contributed by atoms with Crippen LogP contribution in [0.1, 0.15) is 50.2 Å². The fraction of sp³-hybridized carbons (Fsp3) is 0.625. The number of aryl methyl sites for hydroxylation is 2. The minimum absolute atomic E-state index is 0.0352. The van der Waals surface area contributed by atoms with E-state index < -0.39 is 10.0 Å². The lowest BCUT2D eigenvalue weighted by molar-refractivity contribution is 0.301. The molecular formula is C16H26N2O2S. The van der Waals surface area contributed by atoms with E-state index in [1.165, 1.54) is 6.42 Å². The highest BCUT2D eigenvalue weighted by molar-refractivity contribution is 7.89. The maximum atomic E-state index is 12.7. The minimum Gasteiger partial charge on any atom is -0.397 e. The first-order valence-corrected chi connectivity index (χ1v) is 9.21. The fourth-order valence-electron chi connectivity index (χ4n) is 3.21. The Morgan fingerprint density at radius 1 is 1.24 bits per heavy atom. The predicted molar refractivity (Wildman–Crippen MR) is 86.7 cm³/mol. The monoisotopic (exact) mass is 310 g/mol. The van der Waals surface area contributed by atoms with Crippen LogP contribution in [-0.4, -0.2) is 14.5 Å². The van der Waals surface area contributed by atoms with E-state index in [9.17, 15) is 8.42 Å². The summed E-state index contributed by atoms with van der Waals surface area (Å²) in [5.41, 5.74) is 7.88. The number of benzene rings is 1. The molecule has 0 spiro atoms. The van der Waals surface area contributed by atoms with E-state index in [1.54, 1.807) is 6.92 Å². The van der Waals surface area contributed by atoms with E-state index in [2.05, 4.69) is 11.6 Å². The molecular weight excluding hydrogens is 284 g/mol. The lowest BCUT2D eigenvalue weighted by Gasteiger charge is -2.29. The Hall–Kier alpha value is -1.07. The van der Waals surface area contributed by atoms with Crippen molar-refractivity contribution in [1.82, 2.24) is 4.72 Å². The summed E-state index contributed by atoms with van der Waals surface area (Å²) in [5, 5.41) is 0. The van der Waals surface area contributed by atoms with Crippen LogP contribution in [-0.2, 0) is 10.0 Å². The third-order valence-corrected chi connectivity index (χ3v) is 6.28. The van der Waals surface area contributed by atoms with Crippen molar-refractivity contribution in [3.63, 3.8) is 0 Å². The van der Waals surface area contributed by atoms with Gasteiger partial charge in [0.05, 0.1) is 5.69 Å². The molecule has 0 aromatic heterocycles. The van der Waals surface area contributed by atoms with Crippen LogP contribution in [0.5, 0.6) is 0 Å². The lowest BCUT2D eigenvalue weighted by Crippen LogP contribution is -2.38. The fourth-order valence-corrected chi connectivity index (χ4v) is 4.92. The zero-order valence-electron chi connectivity index (χ0n) is 13.1. The second-order valence-corrected chi connectivity index (χ2v) is 7.85. The third kappa shape index (κ3) is 3.58. The minimum atomic E-state index is -3.55. The highest BCUT2D eigenvalue weighted by Gasteiger charge is 2.28. The maximum Gasteiger partial charge on any atom is 0.243 e. The number of anilines is 1. The molecule has 0 radical (unpaired) electrons. The van der Waals surface area contributed by atoms with E-state index in [1.807, 2.05) is 19.1 Å². The molecule has 2 atom stereocenters. The first-order valence-electron chi connectivity index (χ1n) is 7.73. The van der Waals surface area contributed by atoms with Crippen molar-refractivity contribution >= 4 is 15.7 Å². The molecule has 4 nitrogen and oxygen atoms in total. The molecule has 1 aromatic carbocycles. The molecule has 1 aliphatic carbocycles. The molecule has 118 valence electrons. The normalized spacial score (nSPS) is 23.2. The first kappa shape index (κ1) is 16.3. The molecule has 21 heavy (non-hydrogen) atoms. The van der Waals surface area contributed by atoms with Crippen LogP contribution in [0.4, 0.5) is 5.69 Å². The predicted octanol–water partition coefficient (Wildman–Crippen LogP) is 3.13. The van der Waals surface area contributed by atoms with Crippen molar-refractivity contribution < 1.29 is 8.42 Å². The molecule has 0 aliphatic heterocycles. The highest BCUT2D eigenvalue weighted by Crippen LogP contribution is 2.30. The molecule has 1 aromatic rings. The average molecular weight is 310 g/mol. The molecule has 0 bridgehead atoms. The topological polar surface area (TPSA) is 72.2 Å². The van der Waals surface area contributed by atoms with Gasteiger partial charge in [0.15, 0.2) is 0 Å². The Bertz CT molecular complexity index is 611. The van der Waals surface area contributed by atoms with Gasteiger partial charge in [0, 0.05) is 6.04 Å². The van der Waals surface area contributed by atoms with E-state index in [0.717, 1.165) is 31.2 Å². The quantitative estimate of drug-likeness (QED) is 0.839. The lowest BCUT2D eigenvalue weighted by atomic mass is 9.85. The molecule has 2 unspecified atom stereocenters. The molecule has 3 N–H and O–H groups in total. The smallest absolute Gasteiger partial charge is 0.243 e. The maximum absolute atomic E-state index is 12.7. The van der Waals surface area contributed by atoms with Crippen molar-refractivity contribution in [2.75, 3.05) is 5.73 Å². The van der Waals surface area contributed by atoms with Crippen LogP contribution >= 0.6 is 0 Å². The van der Waals surface area contributed by atoms with Gasteiger partial charge in [-0.3, -0.25) is 0 Å². The number of nitrogens with one attached hydrogen (secondary N) is 1. The number of hydrogen-bond acceptors (Lipinski definition) is 3. The third-order valence-electron chi connectivity index (χ3n) is 4.56. The number of hydrogen-bond donors (Lipinski definition) is 2. The Morgan fingerprint density at radius 2 is 1.90 bits per heavy atom. The van der Waals surface area contributed by atoms with Crippen LogP contribution in [0.15, 0.2) is 17.0 Å². The van der Waals surface area contributed by atoms with Crippen molar-refractivity contribution in [1.29, 1.82) is 0 Å². The largest absolute Gasteiger partial charge is 0.397 e. The summed E-state index contributed by atoms with van der Waals surface area (Å²) in [5.74, 6) is 0.627. The van der Waals surface area contributed by atoms with Gasteiger partial charge in [0.2, 0.25) is 10.0 Å². The van der Waals surface area contributed by atoms with Crippen LogP contribution < -0.4 is 10.5 Å². The zero-order chi connectivity index (χ0) is 15.6. The summed E-state index contributed by atoms with van der Waals surface area (Å²) in [6.45, 7) is 5.80. The van der Waals surface area contributed by atoms with Crippen LogP contribution in [0, 0.1) is 19.8 Å². The van der Waals surface area contributed by atoms with Crippen molar-refractivity contribution in [2.45, 2.75) is 63.8 Å². The second-order valence-electron chi connectivity index (χ2n) is 6.20. The van der Waals surface area contributed by atoms with Crippen molar-refractivity contribution in [3.8, 4) is 0 Å². The van der Waals surface area contributed by atoms with E-state index in [-0.39, 0.29) is 10.9 Å². The molecule has 2 rings (SSSR count). The first-order chi connectivity index (χ1) is 9.85. The molecule has 0 heterocycles. The second kappa shape index (κ2) is 6.36. The van der Waals surface area contributed by atoms with Gasteiger partial charge in [-0.05, 0) is 43.7 Å². The van der Waals surface area contributed by atoms with Gasteiger partial charge in [-0.1, -0.05) is 38.3 Å². The summed E-state index contributed by atoms with van der Waals surface area (Å²) in [6.07, 6.45) is 5.26. The SMILES string of the molecule is CCC1CCCC(NS(=O)(=O)c2c(C)ccc(C)c2N)C1. The zero-order valence-corrected chi connectivity index (χ0v) is 14.0. The van der Waals surface area contributed by atoms with E-state index in [4.69, 9.17) is 5.73 Å². The van der Waals surface area contributed by atoms with Gasteiger partial charge in [-0.15, -0.1) is 0 Å². The highest BCUT2D eigenvalue weighted by atomic mass is 32.2. The van der Waals surface area contributed by atoms with Crippen LogP contribution in [0.3, 0.4) is 0 Å². The summed E-state index contributed by atoms with van der Waals surface area (Å²) < 4.78 is 28.3. The van der Waals surface area contributed by atoms with Crippen molar-refractivity contribution in [3.05, 3.63) is 23.3 Å². The average Bonchev–Trinajstić information content (AvgIpc) is 2.42. The summed E-state index contributed by atoms with van der Waals surface area (Å²) in [4.78, 5) is 0.251. The van der Waals surface area contributed by atoms with Crippen LogP contribution in [0.25, 0.3) is 0 Å². The van der Waals surface area contributed by atoms with Gasteiger partial charge < -0.3 is 5.73 Å². The molecule has 1 saturated carbocycles. The molecule has 0 amide bonds. The molecule has 1 aliphatic rings. The number of rotatable bonds is 4. The summed E-state index contributed by atoms with van der Waals surface area (Å²) >= 11 is 0. The van der Waals surface area contributed by atoms with Gasteiger partial charge in [0.25, 0.3) is 0 Å². The Morgan fingerprint density at radius 3 is 2.57 bits per heavy atom. The molecule has 5 heteroatoms. The van der Waals surface area contributed by atoms with Crippen molar-refractivity contribution in [2.24, 2.45) is 5.92 Å². The van der Waals surface area contributed by atoms with E-state index in [0.29, 0.717) is 17.2 Å². The Kier molecular flexibility index (Phi) is 4.94. The number of sulfonamides is 1. The number of nitrogen functional groups attached to an aromatic ring is 1. The van der Waals surface area contributed by atoms with Gasteiger partial charge in [-0.2, -0.15) is 0 Å². The Balaban J connectivity index is 2.25. The molecule has 1 fully saturated rings. The van der Waals surface area contributed by atoms with Gasteiger partial charge in [-0.25, -0.2) is 13.1 Å². The number of nitrogens with two attached hydrogens (primary N) is 1. The summed E-state index contributed by atoms with van der Waals surface area (Å²) in [6, 6.07) is 3.71. The van der Waals surface area contributed by atoms with E-state index >= 15 is 0 Å². The van der Waals surface area contributed by atoms with Gasteiger partial charge >= 0.3 is 0 Å². The Labute approximate surface area is 128 Å². The standard InChI is InChI=1S/C16H26N2O2S/c1-4-13-6-5-7-14(10-13)18-21(19,20)16-12(3)9-8-11(2)15(16)17/h8-9,13-14,18H,4-7,10,17H2,1-3H3. The summed E-state index contributed by atoms with van der Waals surface area (Å²) in [7, 11) is -3.55. The molecule has 0 saturated heterocycles.